The molecule has 33 heavy (non-hydrogen) atoms. The van der Waals surface area contributed by atoms with E-state index in [4.69, 9.17) is 5.11 Å². The summed E-state index contributed by atoms with van der Waals surface area (Å²) in [6.07, 6.45) is 4.28. The molecule has 0 unspecified atom stereocenters. The van der Waals surface area contributed by atoms with Crippen LogP contribution in [0.4, 0.5) is 8.78 Å². The van der Waals surface area contributed by atoms with E-state index < -0.39 is 6.61 Å². The topological polar surface area (TPSA) is 58.9 Å². The Labute approximate surface area is 197 Å². The number of benzene rings is 2. The molecule has 0 aliphatic carbocycles. The lowest BCUT2D eigenvalue weighted by Crippen LogP contribution is -2.01. The molecule has 2 aromatic carbocycles. The van der Waals surface area contributed by atoms with Crippen LogP contribution in [0.5, 0.6) is 5.75 Å². The molecule has 6 heteroatoms. The highest BCUT2D eigenvalue weighted by atomic mass is 19.3. The Bertz CT molecular complexity index is 904. The molecule has 0 heterocycles. The number of nitrogens with zero attached hydrogens (tertiary/aromatic N) is 1. The summed E-state index contributed by atoms with van der Waals surface area (Å²) >= 11 is 0. The molecule has 0 aromatic heterocycles. The summed E-state index contributed by atoms with van der Waals surface area (Å²) in [6.45, 7) is 7.19. The molecule has 2 rings (SSSR count). The monoisotopic (exact) mass is 461 g/mol. The molecule has 0 saturated heterocycles. The summed E-state index contributed by atoms with van der Waals surface area (Å²) in [5.74, 6) is 0.386. The lowest BCUT2D eigenvalue weighted by Gasteiger charge is -2.10. The molecular formula is C27H37F2NO3. The summed E-state index contributed by atoms with van der Waals surface area (Å²) in [5.41, 5.74) is 7.43. The lowest BCUT2D eigenvalue weighted by atomic mass is 9.95. The maximum Gasteiger partial charge on any atom is 0.387 e. The van der Waals surface area contributed by atoms with Crippen molar-refractivity contribution in [2.24, 2.45) is 4.99 Å². The van der Waals surface area contributed by atoms with Gasteiger partial charge in [0.05, 0.1) is 0 Å². The number of ketones is 1. The molecule has 182 valence electrons. The predicted octanol–water partition coefficient (Wildman–Crippen LogP) is 6.44. The van der Waals surface area contributed by atoms with Crippen molar-refractivity contribution in [3.63, 3.8) is 0 Å². The zero-order valence-corrected chi connectivity index (χ0v) is 20.8. The summed E-state index contributed by atoms with van der Waals surface area (Å²) in [7, 11) is 2.75. The van der Waals surface area contributed by atoms with E-state index >= 15 is 0 Å². The number of aliphatic hydroxyl groups is 1. The first kappa shape index (κ1) is 30.1. The van der Waals surface area contributed by atoms with Crippen LogP contribution in [-0.2, 0) is 11.2 Å². The number of allylic oxidation sites excluding steroid dienone is 2. The number of aliphatic hydroxyl groups excluding tert-OH is 1. The number of alkyl halides is 2. The van der Waals surface area contributed by atoms with Gasteiger partial charge in [0.15, 0.2) is 0 Å². The molecule has 4 nitrogen and oxygen atoms in total. The van der Waals surface area contributed by atoms with Crippen LogP contribution in [-0.4, -0.2) is 37.9 Å². The number of carbonyl (C=O) groups is 1. The number of aryl methyl sites for hydroxylation is 3. The largest absolute Gasteiger partial charge is 0.435 e. The average Bonchev–Trinajstić information content (AvgIpc) is 2.77. The highest BCUT2D eigenvalue weighted by molar-refractivity contribution is 5.90. The number of aliphatic imine (C=N–C) groups is 1. The highest BCUT2D eigenvalue weighted by Gasteiger charge is 2.06. The minimum absolute atomic E-state index is 0.186. The second-order valence-electron chi connectivity index (χ2n) is 7.62. The number of halogens is 2. The second-order valence-corrected chi connectivity index (χ2v) is 7.62. The van der Waals surface area contributed by atoms with Gasteiger partial charge in [-0.2, -0.15) is 8.78 Å². The molecule has 0 spiro atoms. The van der Waals surface area contributed by atoms with Crippen LogP contribution >= 0.6 is 0 Å². The van der Waals surface area contributed by atoms with Gasteiger partial charge in [0.25, 0.3) is 0 Å². The quantitative estimate of drug-likeness (QED) is 0.460. The van der Waals surface area contributed by atoms with Crippen LogP contribution in [0.3, 0.4) is 0 Å². The molecule has 0 aliphatic heterocycles. The zero-order chi connectivity index (χ0) is 25.4. The Morgan fingerprint density at radius 2 is 1.67 bits per heavy atom. The minimum Gasteiger partial charge on any atom is -0.435 e. The molecule has 0 saturated carbocycles. The fourth-order valence-corrected chi connectivity index (χ4v) is 3.02. The molecule has 0 fully saturated rings. The smallest absolute Gasteiger partial charge is 0.387 e. The van der Waals surface area contributed by atoms with E-state index in [1.165, 1.54) is 34.4 Å². The second kappa shape index (κ2) is 16.7. The van der Waals surface area contributed by atoms with Gasteiger partial charge in [-0.05, 0) is 81.9 Å². The van der Waals surface area contributed by atoms with E-state index in [9.17, 15) is 13.6 Å². The Hall–Kier alpha value is -2.86. The first-order valence-corrected chi connectivity index (χ1v) is 10.8. The number of Topliss-reactive ketones (excluding diaryl/α,β-unsaturated/α-hetero) is 1. The van der Waals surface area contributed by atoms with E-state index in [2.05, 4.69) is 48.7 Å². The fourth-order valence-electron chi connectivity index (χ4n) is 3.02. The SMILES string of the molecule is CN=C/C(CC(C)=O)=C(\C)CCc1cccc(C)c1C.CO.Cc1ccc(OC(F)F)cc1. The van der Waals surface area contributed by atoms with Gasteiger partial charge in [0.1, 0.15) is 11.5 Å². The van der Waals surface area contributed by atoms with Gasteiger partial charge in [0, 0.05) is 26.8 Å². The maximum absolute atomic E-state index is 11.6. The number of ether oxygens (including phenoxy) is 1. The molecular weight excluding hydrogens is 424 g/mol. The number of carbonyl (C=O) groups excluding carboxylic acids is 1. The summed E-state index contributed by atoms with van der Waals surface area (Å²) < 4.78 is 27.3. The number of hydrogen-bond acceptors (Lipinski definition) is 4. The van der Waals surface area contributed by atoms with Crippen molar-refractivity contribution in [1.82, 2.24) is 0 Å². The van der Waals surface area contributed by atoms with Gasteiger partial charge in [0.2, 0.25) is 0 Å². The van der Waals surface area contributed by atoms with E-state index in [0.717, 1.165) is 31.1 Å². The Balaban J connectivity index is 0.000000663. The average molecular weight is 462 g/mol. The lowest BCUT2D eigenvalue weighted by molar-refractivity contribution is -0.116. The van der Waals surface area contributed by atoms with Crippen LogP contribution in [0, 0.1) is 20.8 Å². The van der Waals surface area contributed by atoms with Gasteiger partial charge in [-0.25, -0.2) is 0 Å². The van der Waals surface area contributed by atoms with Crippen molar-refractivity contribution >= 4 is 12.0 Å². The van der Waals surface area contributed by atoms with E-state index in [1.807, 2.05) is 13.1 Å². The molecule has 0 aliphatic rings. The molecule has 2 aromatic rings. The summed E-state index contributed by atoms with van der Waals surface area (Å²) in [4.78, 5) is 15.4. The Morgan fingerprint density at radius 3 is 2.18 bits per heavy atom. The predicted molar refractivity (Wildman–Crippen MR) is 133 cm³/mol. The Kier molecular flexibility index (Phi) is 15.3. The van der Waals surface area contributed by atoms with Crippen LogP contribution in [0.15, 0.2) is 58.6 Å². The van der Waals surface area contributed by atoms with Gasteiger partial charge in [-0.3, -0.25) is 9.79 Å². The summed E-state index contributed by atoms with van der Waals surface area (Å²) in [6, 6.07) is 12.9. The third-order valence-electron chi connectivity index (χ3n) is 5.00. The van der Waals surface area contributed by atoms with Crippen molar-refractivity contribution in [1.29, 1.82) is 0 Å². The first-order chi connectivity index (χ1) is 15.6. The maximum atomic E-state index is 11.6. The highest BCUT2D eigenvalue weighted by Crippen LogP contribution is 2.19. The number of rotatable bonds is 8. The van der Waals surface area contributed by atoms with E-state index in [0.29, 0.717) is 6.42 Å². The normalized spacial score (nSPS) is 11.2. The minimum atomic E-state index is -2.74. The standard InChI is InChI=1S/C18H25NO.C8H8F2O.CH4O/c1-13-7-6-8-17(16(13)4)10-9-14(2)18(12-19-5)11-15(3)20;1-6-2-4-7(5-3-6)11-8(9)10;1-2/h6-8,12H,9-11H2,1-5H3;2-5,8H,1H3;2H,1H3/b18-14+,19-12?;;. The van der Waals surface area contributed by atoms with Gasteiger partial charge in [-0.15, -0.1) is 0 Å². The van der Waals surface area contributed by atoms with Crippen molar-refractivity contribution in [3.8, 4) is 5.75 Å². The number of hydrogen-bond donors (Lipinski definition) is 1. The molecule has 0 atom stereocenters. The van der Waals surface area contributed by atoms with Crippen LogP contribution in [0.2, 0.25) is 0 Å². The fraction of sp³-hybridized carbons (Fsp3) is 0.407. The van der Waals surface area contributed by atoms with Gasteiger partial charge < -0.3 is 9.84 Å². The molecule has 1 N–H and O–H groups in total. The van der Waals surface area contributed by atoms with Crippen molar-refractivity contribution in [2.75, 3.05) is 14.2 Å². The first-order valence-electron chi connectivity index (χ1n) is 10.8. The van der Waals surface area contributed by atoms with Crippen LogP contribution in [0.1, 0.15) is 48.9 Å². The molecule has 0 radical (unpaired) electrons. The van der Waals surface area contributed by atoms with Gasteiger partial charge in [-0.1, -0.05) is 41.5 Å². The van der Waals surface area contributed by atoms with Gasteiger partial charge >= 0.3 is 6.61 Å². The molecule has 0 amide bonds. The van der Waals surface area contributed by atoms with Crippen LogP contribution in [0.25, 0.3) is 0 Å². The summed E-state index contributed by atoms with van der Waals surface area (Å²) in [5, 5.41) is 7.00. The zero-order valence-electron chi connectivity index (χ0n) is 20.8. The molecule has 0 bridgehead atoms. The third-order valence-corrected chi connectivity index (χ3v) is 5.00. The van der Waals surface area contributed by atoms with Crippen molar-refractivity contribution in [3.05, 3.63) is 75.9 Å². The third kappa shape index (κ3) is 12.7. The van der Waals surface area contributed by atoms with E-state index in [1.54, 1.807) is 26.1 Å². The Morgan fingerprint density at radius 1 is 1.06 bits per heavy atom. The van der Waals surface area contributed by atoms with Crippen molar-refractivity contribution < 1.29 is 23.4 Å². The van der Waals surface area contributed by atoms with Crippen molar-refractivity contribution in [2.45, 2.75) is 60.5 Å². The van der Waals surface area contributed by atoms with Crippen LogP contribution < -0.4 is 4.74 Å². The van der Waals surface area contributed by atoms with E-state index in [-0.39, 0.29) is 11.5 Å².